The third-order valence-corrected chi connectivity index (χ3v) is 4.27. The van der Waals surface area contributed by atoms with E-state index in [4.69, 9.17) is 10.5 Å². The average Bonchev–Trinajstić information content (AvgIpc) is 2.65. The van der Waals surface area contributed by atoms with E-state index in [1.54, 1.807) is 11.3 Å². The molecule has 2 rings (SSSR count). The molecule has 1 saturated carbocycles. The maximum absolute atomic E-state index is 5.78. The lowest BCUT2D eigenvalue weighted by Gasteiger charge is -2.13. The normalized spacial score (nSPS) is 18.2. The fourth-order valence-corrected chi connectivity index (χ4v) is 3.03. The molecule has 2 N–H and O–H groups in total. The molecule has 17 heavy (non-hydrogen) atoms. The molecule has 4 heteroatoms. The first kappa shape index (κ1) is 13.0. The van der Waals surface area contributed by atoms with Crippen LogP contribution in [-0.4, -0.2) is 11.6 Å². The molecule has 0 radical (unpaired) electrons. The Morgan fingerprint density at radius 2 is 2.06 bits per heavy atom. The van der Waals surface area contributed by atoms with E-state index in [9.17, 15) is 0 Å². The van der Waals surface area contributed by atoms with E-state index < -0.39 is 0 Å². The number of ether oxygens (including phenoxy) is 1. The molecule has 0 unspecified atom stereocenters. The van der Waals surface area contributed by atoms with Crippen molar-refractivity contribution in [2.45, 2.75) is 51.7 Å². The van der Waals surface area contributed by atoms with Crippen molar-refractivity contribution in [3.63, 3.8) is 0 Å². The average molecular weight is 254 g/mol. The Morgan fingerprint density at radius 3 is 2.71 bits per heavy atom. The van der Waals surface area contributed by atoms with Gasteiger partial charge >= 0.3 is 0 Å². The van der Waals surface area contributed by atoms with Crippen LogP contribution in [-0.2, 0) is 17.9 Å². The Balaban J connectivity index is 1.67. The first-order chi connectivity index (χ1) is 8.38. The van der Waals surface area contributed by atoms with Crippen molar-refractivity contribution < 1.29 is 4.74 Å². The van der Waals surface area contributed by atoms with E-state index in [-0.39, 0.29) is 0 Å². The van der Waals surface area contributed by atoms with Crippen LogP contribution in [0.5, 0.6) is 0 Å². The van der Waals surface area contributed by atoms with E-state index in [0.717, 1.165) is 23.2 Å². The van der Waals surface area contributed by atoms with Crippen molar-refractivity contribution in [2.24, 2.45) is 11.7 Å². The molecule has 1 aliphatic carbocycles. The van der Waals surface area contributed by atoms with E-state index in [2.05, 4.69) is 10.4 Å². The summed E-state index contributed by atoms with van der Waals surface area (Å²) in [6.45, 7) is 2.08. The van der Waals surface area contributed by atoms with Crippen molar-refractivity contribution in [2.75, 3.05) is 6.61 Å². The quantitative estimate of drug-likeness (QED) is 0.821. The summed E-state index contributed by atoms with van der Waals surface area (Å²) >= 11 is 1.62. The Hall–Kier alpha value is -0.450. The maximum Gasteiger partial charge on any atom is 0.107 e. The zero-order valence-corrected chi connectivity index (χ0v) is 11.2. The molecule has 0 bridgehead atoms. The molecule has 0 amide bonds. The third kappa shape index (κ3) is 4.37. The van der Waals surface area contributed by atoms with Crippen LogP contribution in [0.4, 0.5) is 0 Å². The summed E-state index contributed by atoms with van der Waals surface area (Å²) in [6.07, 6.45) is 8.24. The highest BCUT2D eigenvalue weighted by atomic mass is 32.1. The van der Waals surface area contributed by atoms with Gasteiger partial charge < -0.3 is 10.5 Å². The molecule has 1 fully saturated rings. The van der Waals surface area contributed by atoms with Crippen molar-refractivity contribution in [1.29, 1.82) is 0 Å². The third-order valence-electron chi connectivity index (χ3n) is 3.35. The minimum absolute atomic E-state index is 0.535. The summed E-state index contributed by atoms with van der Waals surface area (Å²) in [5.74, 6) is 0.769. The molecule has 0 saturated heterocycles. The van der Waals surface area contributed by atoms with E-state index in [1.165, 1.54) is 38.5 Å². The van der Waals surface area contributed by atoms with Crippen LogP contribution in [0.3, 0.4) is 0 Å². The van der Waals surface area contributed by atoms with Crippen molar-refractivity contribution >= 4 is 11.3 Å². The van der Waals surface area contributed by atoms with Gasteiger partial charge in [-0.15, -0.1) is 11.3 Å². The van der Waals surface area contributed by atoms with Gasteiger partial charge in [0, 0.05) is 18.5 Å². The Bertz CT molecular complexity index is 319. The number of nitrogens with zero attached hydrogens (tertiary/aromatic N) is 1. The molecule has 0 aliphatic heterocycles. The van der Waals surface area contributed by atoms with Gasteiger partial charge in [0.05, 0.1) is 12.3 Å². The summed E-state index contributed by atoms with van der Waals surface area (Å²) in [7, 11) is 0. The Labute approximate surface area is 107 Å². The van der Waals surface area contributed by atoms with Gasteiger partial charge in [-0.3, -0.25) is 0 Å². The number of nitrogens with two attached hydrogens (primary N) is 1. The molecule has 0 spiro atoms. The largest absolute Gasteiger partial charge is 0.375 e. The highest BCUT2D eigenvalue weighted by Crippen LogP contribution is 2.23. The number of hydrogen-bond donors (Lipinski definition) is 1. The monoisotopic (exact) mass is 254 g/mol. The summed E-state index contributed by atoms with van der Waals surface area (Å²) < 4.78 is 5.78. The summed E-state index contributed by atoms with van der Waals surface area (Å²) in [4.78, 5) is 4.40. The van der Waals surface area contributed by atoms with Gasteiger partial charge in [0.25, 0.3) is 0 Å². The second-order valence-corrected chi connectivity index (χ2v) is 5.75. The Morgan fingerprint density at radius 1 is 1.29 bits per heavy atom. The SMILES string of the molecule is NCc1nc(COCC2CCCCCC2)cs1. The number of thiazole rings is 1. The van der Waals surface area contributed by atoms with Crippen LogP contribution in [0.15, 0.2) is 5.38 Å². The molecule has 1 aromatic heterocycles. The van der Waals surface area contributed by atoms with Gasteiger partial charge in [0.2, 0.25) is 0 Å². The zero-order chi connectivity index (χ0) is 11.9. The number of aromatic nitrogens is 1. The van der Waals surface area contributed by atoms with E-state index in [1.807, 2.05) is 0 Å². The molecule has 0 atom stereocenters. The minimum atomic E-state index is 0.535. The lowest BCUT2D eigenvalue weighted by molar-refractivity contribution is 0.0801. The van der Waals surface area contributed by atoms with Gasteiger partial charge in [0.1, 0.15) is 5.01 Å². The maximum atomic E-state index is 5.78. The Kier molecular flexibility index (Phi) is 5.42. The molecule has 1 heterocycles. The van der Waals surface area contributed by atoms with E-state index >= 15 is 0 Å². The van der Waals surface area contributed by atoms with Crippen LogP contribution in [0.2, 0.25) is 0 Å². The zero-order valence-electron chi connectivity index (χ0n) is 10.4. The molecule has 1 aromatic rings. The van der Waals surface area contributed by atoms with Gasteiger partial charge in [-0.25, -0.2) is 4.98 Å². The molecule has 3 nitrogen and oxygen atoms in total. The van der Waals surface area contributed by atoms with E-state index in [0.29, 0.717) is 13.2 Å². The standard InChI is InChI=1S/C13H22N2OS/c14-7-13-15-12(10-17-13)9-16-8-11-5-3-1-2-4-6-11/h10-11H,1-9,14H2. The lowest BCUT2D eigenvalue weighted by atomic mass is 10.0. The fraction of sp³-hybridized carbons (Fsp3) is 0.769. The first-order valence-corrected chi connectivity index (χ1v) is 7.47. The molecule has 96 valence electrons. The predicted octanol–water partition coefficient (Wildman–Crippen LogP) is 3.09. The van der Waals surface area contributed by atoms with Crippen LogP contribution >= 0.6 is 11.3 Å². The first-order valence-electron chi connectivity index (χ1n) is 6.59. The number of rotatable bonds is 5. The van der Waals surface area contributed by atoms with Crippen LogP contribution in [0.25, 0.3) is 0 Å². The van der Waals surface area contributed by atoms with Crippen molar-refractivity contribution in [3.8, 4) is 0 Å². The van der Waals surface area contributed by atoms with Crippen LogP contribution in [0, 0.1) is 5.92 Å². The van der Waals surface area contributed by atoms with Crippen molar-refractivity contribution in [1.82, 2.24) is 4.98 Å². The minimum Gasteiger partial charge on any atom is -0.375 e. The second-order valence-electron chi connectivity index (χ2n) is 4.81. The van der Waals surface area contributed by atoms with Gasteiger partial charge in [-0.05, 0) is 18.8 Å². The highest BCUT2D eigenvalue weighted by molar-refractivity contribution is 7.09. The summed E-state index contributed by atoms with van der Waals surface area (Å²) in [5.41, 5.74) is 6.56. The molecule has 1 aliphatic rings. The van der Waals surface area contributed by atoms with Crippen LogP contribution < -0.4 is 5.73 Å². The van der Waals surface area contributed by atoms with Crippen LogP contribution in [0.1, 0.15) is 49.2 Å². The highest BCUT2D eigenvalue weighted by Gasteiger charge is 2.12. The summed E-state index contributed by atoms with van der Waals surface area (Å²) in [5, 5.41) is 3.05. The smallest absolute Gasteiger partial charge is 0.107 e. The fourth-order valence-electron chi connectivity index (χ4n) is 2.37. The van der Waals surface area contributed by atoms with Gasteiger partial charge in [0.15, 0.2) is 0 Å². The predicted molar refractivity (Wildman–Crippen MR) is 70.9 cm³/mol. The van der Waals surface area contributed by atoms with Crippen molar-refractivity contribution in [3.05, 3.63) is 16.1 Å². The second kappa shape index (κ2) is 7.09. The molecular formula is C13H22N2OS. The lowest BCUT2D eigenvalue weighted by Crippen LogP contribution is -2.09. The number of hydrogen-bond acceptors (Lipinski definition) is 4. The molecular weight excluding hydrogens is 232 g/mol. The topological polar surface area (TPSA) is 48.1 Å². The van der Waals surface area contributed by atoms with Gasteiger partial charge in [-0.1, -0.05) is 25.7 Å². The molecule has 0 aromatic carbocycles. The van der Waals surface area contributed by atoms with Gasteiger partial charge in [-0.2, -0.15) is 0 Å². The summed E-state index contributed by atoms with van der Waals surface area (Å²) in [6, 6.07) is 0.